The molecule has 1 unspecified atom stereocenters. The lowest BCUT2D eigenvalue weighted by atomic mass is 10.1. The molecule has 2 aromatic rings. The number of nitrogens with zero attached hydrogens (tertiary/aromatic N) is 3. The van der Waals surface area contributed by atoms with Crippen LogP contribution in [0.2, 0.25) is 0 Å². The highest BCUT2D eigenvalue weighted by atomic mass is 32.1. The van der Waals surface area contributed by atoms with Crippen molar-refractivity contribution in [3.63, 3.8) is 0 Å². The molecule has 27 heavy (non-hydrogen) atoms. The smallest absolute Gasteiger partial charge is 0.307 e. The molecule has 2 amide bonds. The van der Waals surface area contributed by atoms with Crippen LogP contribution in [0.4, 0.5) is 5.13 Å². The van der Waals surface area contributed by atoms with Crippen molar-refractivity contribution in [2.24, 2.45) is 5.92 Å². The number of amides is 2. The number of carbonyl (C=O) groups excluding carboxylic acids is 3. The molecule has 1 aliphatic heterocycles. The van der Waals surface area contributed by atoms with Crippen molar-refractivity contribution < 1.29 is 19.1 Å². The Morgan fingerprint density at radius 1 is 1.30 bits per heavy atom. The highest BCUT2D eigenvalue weighted by molar-refractivity contribution is 7.15. The van der Waals surface area contributed by atoms with Gasteiger partial charge in [-0.2, -0.15) is 0 Å². The molecule has 1 N–H and O–H groups in total. The van der Waals surface area contributed by atoms with Gasteiger partial charge in [0.1, 0.15) is 5.01 Å². The van der Waals surface area contributed by atoms with E-state index in [1.165, 1.54) is 23.3 Å². The highest BCUT2D eigenvalue weighted by Crippen LogP contribution is 2.28. The van der Waals surface area contributed by atoms with Gasteiger partial charge >= 0.3 is 5.97 Å². The maximum atomic E-state index is 12.3. The summed E-state index contributed by atoms with van der Waals surface area (Å²) in [6.45, 7) is 0.457. The molecule has 3 rings (SSSR count). The van der Waals surface area contributed by atoms with Gasteiger partial charge in [-0.3, -0.25) is 19.3 Å². The molecule has 0 spiro atoms. The first-order chi connectivity index (χ1) is 13.1. The van der Waals surface area contributed by atoms with Crippen molar-refractivity contribution in [2.75, 3.05) is 25.1 Å². The molecule has 8 nitrogen and oxygen atoms in total. The summed E-state index contributed by atoms with van der Waals surface area (Å²) < 4.78 is 4.53. The summed E-state index contributed by atoms with van der Waals surface area (Å²) in [7, 11) is 1.30. The van der Waals surface area contributed by atoms with Gasteiger partial charge in [-0.05, 0) is 5.56 Å². The third-order valence-electron chi connectivity index (χ3n) is 4.24. The molecular weight excluding hydrogens is 368 g/mol. The van der Waals surface area contributed by atoms with Crippen molar-refractivity contribution in [1.82, 2.24) is 15.5 Å². The molecule has 1 saturated heterocycles. The number of anilines is 1. The van der Waals surface area contributed by atoms with Gasteiger partial charge in [0.15, 0.2) is 0 Å². The minimum atomic E-state index is -0.461. The number of rotatable bonds is 7. The largest absolute Gasteiger partial charge is 0.469 e. The van der Waals surface area contributed by atoms with Gasteiger partial charge in [-0.1, -0.05) is 41.7 Å². The van der Waals surface area contributed by atoms with Gasteiger partial charge in [-0.25, -0.2) is 0 Å². The topological polar surface area (TPSA) is 101 Å². The number of ether oxygens (including phenoxy) is 1. The summed E-state index contributed by atoms with van der Waals surface area (Å²) in [5, 5.41) is 12.3. The number of nitrogens with one attached hydrogen (secondary N) is 1. The molecule has 142 valence electrons. The van der Waals surface area contributed by atoms with Crippen LogP contribution in [0.25, 0.3) is 0 Å². The molecule has 0 saturated carbocycles. The molecule has 0 radical (unpaired) electrons. The van der Waals surface area contributed by atoms with Gasteiger partial charge in [0, 0.05) is 25.9 Å². The molecule has 0 bridgehead atoms. The van der Waals surface area contributed by atoms with E-state index in [1.54, 1.807) is 0 Å². The van der Waals surface area contributed by atoms with E-state index in [2.05, 4.69) is 20.3 Å². The van der Waals surface area contributed by atoms with Gasteiger partial charge in [0.25, 0.3) is 0 Å². The van der Waals surface area contributed by atoms with E-state index in [0.29, 0.717) is 11.6 Å². The molecule has 1 fully saturated rings. The lowest BCUT2D eigenvalue weighted by Crippen LogP contribution is -2.34. The van der Waals surface area contributed by atoms with E-state index >= 15 is 0 Å². The first-order valence-corrected chi connectivity index (χ1v) is 9.39. The number of aromatic nitrogens is 2. The number of carbonyl (C=O) groups is 3. The maximum absolute atomic E-state index is 12.3. The van der Waals surface area contributed by atoms with Crippen LogP contribution in [-0.4, -0.2) is 48.2 Å². The Hall–Kier alpha value is -2.81. The van der Waals surface area contributed by atoms with Crippen LogP contribution in [0.5, 0.6) is 0 Å². The predicted molar refractivity (Wildman–Crippen MR) is 99.3 cm³/mol. The number of hydrogen-bond acceptors (Lipinski definition) is 7. The number of hydrogen-bond donors (Lipinski definition) is 1. The summed E-state index contributed by atoms with van der Waals surface area (Å²) >= 11 is 1.36. The molecule has 1 aromatic heterocycles. The molecule has 1 aliphatic rings. The zero-order chi connectivity index (χ0) is 19.2. The van der Waals surface area contributed by atoms with Crippen LogP contribution in [0.1, 0.15) is 23.4 Å². The zero-order valence-electron chi connectivity index (χ0n) is 14.9. The fourth-order valence-corrected chi connectivity index (χ4v) is 3.70. The third kappa shape index (κ3) is 4.88. The molecule has 0 aliphatic carbocycles. The monoisotopic (exact) mass is 388 g/mol. The number of methoxy groups -OCH3 is 1. The van der Waals surface area contributed by atoms with Crippen molar-refractivity contribution >= 4 is 34.3 Å². The first-order valence-electron chi connectivity index (χ1n) is 8.58. The summed E-state index contributed by atoms with van der Waals surface area (Å²) in [4.78, 5) is 37.1. The van der Waals surface area contributed by atoms with Crippen molar-refractivity contribution in [2.45, 2.75) is 19.3 Å². The predicted octanol–water partition coefficient (Wildman–Crippen LogP) is 1.16. The quantitative estimate of drug-likeness (QED) is 0.715. The lowest BCUT2D eigenvalue weighted by molar-refractivity contribution is -0.140. The highest BCUT2D eigenvalue weighted by Gasteiger charge is 2.36. The average molecular weight is 388 g/mol. The molecular formula is C18H20N4O4S. The number of esters is 1. The van der Waals surface area contributed by atoms with Crippen molar-refractivity contribution in [3.05, 3.63) is 40.9 Å². The Kier molecular flexibility index (Phi) is 6.12. The van der Waals surface area contributed by atoms with E-state index in [0.717, 1.165) is 10.6 Å². The molecule has 1 atom stereocenters. The Balaban J connectivity index is 1.56. The minimum absolute atomic E-state index is 0.103. The fourth-order valence-electron chi connectivity index (χ4n) is 2.80. The first kappa shape index (κ1) is 19.0. The Morgan fingerprint density at radius 3 is 2.81 bits per heavy atom. The van der Waals surface area contributed by atoms with Crippen LogP contribution in [0.3, 0.4) is 0 Å². The molecule has 9 heteroatoms. The van der Waals surface area contributed by atoms with E-state index in [1.807, 2.05) is 30.3 Å². The summed E-state index contributed by atoms with van der Waals surface area (Å²) in [5.41, 5.74) is 1.12. The van der Waals surface area contributed by atoms with Crippen molar-refractivity contribution in [3.8, 4) is 0 Å². The van der Waals surface area contributed by atoms with Crippen molar-refractivity contribution in [1.29, 1.82) is 0 Å². The van der Waals surface area contributed by atoms with Gasteiger partial charge in [0.2, 0.25) is 16.9 Å². The second kappa shape index (κ2) is 8.72. The normalized spacial score (nSPS) is 16.4. The van der Waals surface area contributed by atoms with Gasteiger partial charge < -0.3 is 10.1 Å². The van der Waals surface area contributed by atoms with Gasteiger partial charge in [0.05, 0.1) is 19.4 Å². The van der Waals surface area contributed by atoms with Crippen LogP contribution in [0.15, 0.2) is 30.3 Å². The standard InChI is InChI=1S/C18H20N4O4S/c1-26-16(24)7-8-19-17(25)13-10-15(23)22(11-13)18-21-20-14(27-18)9-12-5-3-2-4-6-12/h2-6,13H,7-11H2,1H3,(H,19,25). The number of benzene rings is 1. The summed E-state index contributed by atoms with van der Waals surface area (Å²) in [6.07, 6.45) is 0.876. The minimum Gasteiger partial charge on any atom is -0.469 e. The fraction of sp³-hybridized carbons (Fsp3) is 0.389. The van der Waals surface area contributed by atoms with Crippen LogP contribution in [-0.2, 0) is 25.5 Å². The lowest BCUT2D eigenvalue weighted by Gasteiger charge is -2.12. The zero-order valence-corrected chi connectivity index (χ0v) is 15.7. The third-order valence-corrected chi connectivity index (χ3v) is 5.18. The van der Waals surface area contributed by atoms with E-state index in [4.69, 9.17) is 0 Å². The van der Waals surface area contributed by atoms with Gasteiger partial charge in [-0.15, -0.1) is 10.2 Å². The van der Waals surface area contributed by atoms with E-state index in [-0.39, 0.29) is 43.7 Å². The molecule has 1 aromatic carbocycles. The Labute approximate surface area is 160 Å². The van der Waals surface area contributed by atoms with Crippen LogP contribution in [0, 0.1) is 5.92 Å². The SMILES string of the molecule is COC(=O)CCNC(=O)C1CC(=O)N(c2nnc(Cc3ccccc3)s2)C1. The average Bonchev–Trinajstić information content (AvgIpc) is 3.28. The molecule has 2 heterocycles. The van der Waals surface area contributed by atoms with Crippen LogP contribution >= 0.6 is 11.3 Å². The second-order valence-electron chi connectivity index (χ2n) is 6.16. The Morgan fingerprint density at radius 2 is 2.07 bits per heavy atom. The second-order valence-corrected chi connectivity index (χ2v) is 7.20. The Bertz CT molecular complexity index is 824. The summed E-state index contributed by atoms with van der Waals surface area (Å²) in [6, 6.07) is 9.90. The van der Waals surface area contributed by atoms with E-state index in [9.17, 15) is 14.4 Å². The van der Waals surface area contributed by atoms with Crippen LogP contribution < -0.4 is 10.2 Å². The van der Waals surface area contributed by atoms with E-state index < -0.39 is 5.92 Å². The summed E-state index contributed by atoms with van der Waals surface area (Å²) in [5.74, 6) is -1.25. The maximum Gasteiger partial charge on any atom is 0.307 e.